The van der Waals surface area contributed by atoms with E-state index in [-0.39, 0.29) is 22.8 Å². The van der Waals surface area contributed by atoms with Crippen molar-refractivity contribution in [2.75, 3.05) is 6.54 Å². The van der Waals surface area contributed by atoms with Crippen LogP contribution < -0.4 is 0 Å². The third-order valence-corrected chi connectivity index (χ3v) is 4.18. The second kappa shape index (κ2) is 6.28. The van der Waals surface area contributed by atoms with Gasteiger partial charge in [0.25, 0.3) is 0 Å². The molecular weight excluding hydrogens is 321 g/mol. The van der Waals surface area contributed by atoms with Crippen molar-refractivity contribution in [3.8, 4) is 0 Å². The molecule has 1 aromatic carbocycles. The number of amides is 1. The van der Waals surface area contributed by atoms with Crippen LogP contribution in [0.1, 0.15) is 49.4 Å². The number of halogens is 2. The summed E-state index contributed by atoms with van der Waals surface area (Å²) in [6, 6.07) is 4.48. The molecule has 0 bridgehead atoms. The van der Waals surface area contributed by atoms with Crippen molar-refractivity contribution in [2.45, 2.75) is 38.6 Å². The van der Waals surface area contributed by atoms with Gasteiger partial charge >= 0.3 is 0 Å². The Labute approximate surface area is 138 Å². The molecule has 7 heteroatoms. The fraction of sp³-hybridized carbons (Fsp3) is 0.438. The van der Waals surface area contributed by atoms with Gasteiger partial charge < -0.3 is 9.42 Å². The minimum Gasteiger partial charge on any atom is -0.339 e. The van der Waals surface area contributed by atoms with Crippen LogP contribution in [0.3, 0.4) is 0 Å². The molecule has 1 saturated heterocycles. The van der Waals surface area contributed by atoms with Gasteiger partial charge in [-0.15, -0.1) is 0 Å². The van der Waals surface area contributed by atoms with Crippen LogP contribution >= 0.6 is 11.6 Å². The van der Waals surface area contributed by atoms with Gasteiger partial charge in [-0.2, -0.15) is 4.98 Å². The lowest BCUT2D eigenvalue weighted by Gasteiger charge is -2.16. The van der Waals surface area contributed by atoms with Gasteiger partial charge in [-0.3, -0.25) is 4.79 Å². The maximum atomic E-state index is 13.2. The molecule has 1 fully saturated rings. The monoisotopic (exact) mass is 337 g/mol. The van der Waals surface area contributed by atoms with Gasteiger partial charge in [0, 0.05) is 25.4 Å². The average Bonchev–Trinajstić information content (AvgIpc) is 3.11. The highest BCUT2D eigenvalue weighted by Crippen LogP contribution is 2.29. The van der Waals surface area contributed by atoms with Crippen LogP contribution in [0, 0.1) is 5.82 Å². The number of hydrogen-bond acceptors (Lipinski definition) is 4. The molecular formula is C16H17ClFN3O2. The zero-order valence-electron chi connectivity index (χ0n) is 12.9. The lowest BCUT2D eigenvalue weighted by molar-refractivity contribution is -0.128. The van der Waals surface area contributed by atoms with E-state index in [1.165, 1.54) is 6.07 Å². The van der Waals surface area contributed by atoms with Crippen LogP contribution in [0.15, 0.2) is 22.7 Å². The van der Waals surface area contributed by atoms with Crippen LogP contribution in [-0.2, 0) is 11.3 Å². The molecule has 2 heterocycles. The van der Waals surface area contributed by atoms with Crippen molar-refractivity contribution >= 4 is 17.5 Å². The number of benzene rings is 1. The van der Waals surface area contributed by atoms with E-state index in [4.69, 9.17) is 16.1 Å². The van der Waals surface area contributed by atoms with Gasteiger partial charge in [-0.25, -0.2) is 4.39 Å². The molecule has 0 spiro atoms. The van der Waals surface area contributed by atoms with Crippen LogP contribution in [0.25, 0.3) is 0 Å². The molecule has 23 heavy (non-hydrogen) atoms. The van der Waals surface area contributed by atoms with Gasteiger partial charge in [0.1, 0.15) is 5.82 Å². The van der Waals surface area contributed by atoms with E-state index in [1.807, 2.05) is 13.8 Å². The highest BCUT2D eigenvalue weighted by molar-refractivity contribution is 6.30. The summed E-state index contributed by atoms with van der Waals surface area (Å²) in [5.41, 5.74) is 0.791. The predicted octanol–water partition coefficient (Wildman–Crippen LogP) is 3.50. The minimum atomic E-state index is -0.465. The van der Waals surface area contributed by atoms with E-state index in [9.17, 15) is 9.18 Å². The topological polar surface area (TPSA) is 59.2 Å². The number of carbonyl (C=O) groups excluding carboxylic acids is 1. The van der Waals surface area contributed by atoms with Crippen molar-refractivity contribution in [3.05, 3.63) is 46.3 Å². The Morgan fingerprint density at radius 1 is 1.48 bits per heavy atom. The molecule has 2 aromatic rings. The van der Waals surface area contributed by atoms with Gasteiger partial charge in [-0.1, -0.05) is 36.7 Å². The van der Waals surface area contributed by atoms with Crippen molar-refractivity contribution in [1.29, 1.82) is 0 Å². The summed E-state index contributed by atoms with van der Waals surface area (Å²) >= 11 is 5.78. The fourth-order valence-corrected chi connectivity index (χ4v) is 2.80. The van der Waals surface area contributed by atoms with Gasteiger partial charge in [0.05, 0.1) is 10.9 Å². The third kappa shape index (κ3) is 3.37. The summed E-state index contributed by atoms with van der Waals surface area (Å²) < 4.78 is 18.5. The van der Waals surface area contributed by atoms with Crippen molar-refractivity contribution in [2.24, 2.45) is 0 Å². The normalized spacial score (nSPS) is 18.2. The molecule has 3 rings (SSSR count). The number of nitrogens with zero attached hydrogens (tertiary/aromatic N) is 3. The first-order valence-electron chi connectivity index (χ1n) is 7.49. The predicted molar refractivity (Wildman–Crippen MR) is 82.6 cm³/mol. The van der Waals surface area contributed by atoms with Crippen molar-refractivity contribution in [1.82, 2.24) is 15.0 Å². The second-order valence-corrected chi connectivity index (χ2v) is 6.48. The van der Waals surface area contributed by atoms with E-state index in [0.29, 0.717) is 31.2 Å². The second-order valence-electron chi connectivity index (χ2n) is 6.07. The summed E-state index contributed by atoms with van der Waals surface area (Å²) in [5.74, 6) is 0.784. The Balaban J connectivity index is 1.70. The molecule has 122 valence electrons. The number of hydrogen-bond donors (Lipinski definition) is 0. The Bertz CT molecular complexity index is 732. The molecule has 1 unspecified atom stereocenters. The Hall–Kier alpha value is -1.95. The molecule has 0 radical (unpaired) electrons. The fourth-order valence-electron chi connectivity index (χ4n) is 2.60. The molecule has 1 aliphatic rings. The smallest absolute Gasteiger partial charge is 0.232 e. The lowest BCUT2D eigenvalue weighted by atomic mass is 10.1. The summed E-state index contributed by atoms with van der Waals surface area (Å²) in [4.78, 5) is 18.3. The van der Waals surface area contributed by atoms with Crippen LogP contribution in [0.2, 0.25) is 5.02 Å². The molecule has 0 saturated carbocycles. The number of aromatic nitrogens is 2. The average molecular weight is 338 g/mol. The SMILES string of the molecule is CC(C)c1noc(C2CC(=O)N(Cc3ccc(F)c(Cl)c3)C2)n1. The zero-order valence-corrected chi connectivity index (χ0v) is 13.7. The standard InChI is InChI=1S/C16H17ClFN3O2/c1-9(2)15-19-16(23-20-15)11-6-14(22)21(8-11)7-10-3-4-13(18)12(17)5-10/h3-5,9,11H,6-8H2,1-2H3. The van der Waals surface area contributed by atoms with Crippen molar-refractivity contribution in [3.63, 3.8) is 0 Å². The molecule has 0 aliphatic carbocycles. The molecule has 1 atom stereocenters. The first-order valence-corrected chi connectivity index (χ1v) is 7.87. The highest BCUT2D eigenvalue weighted by Gasteiger charge is 2.34. The summed E-state index contributed by atoms with van der Waals surface area (Å²) in [5, 5.41) is 4.00. The quantitative estimate of drug-likeness (QED) is 0.856. The first-order chi connectivity index (χ1) is 10.9. The maximum absolute atomic E-state index is 13.2. The maximum Gasteiger partial charge on any atom is 0.232 e. The lowest BCUT2D eigenvalue weighted by Crippen LogP contribution is -2.24. The Morgan fingerprint density at radius 3 is 2.91 bits per heavy atom. The van der Waals surface area contributed by atoms with Crippen molar-refractivity contribution < 1.29 is 13.7 Å². The van der Waals surface area contributed by atoms with Gasteiger partial charge in [-0.05, 0) is 17.7 Å². The molecule has 1 aromatic heterocycles. The zero-order chi connectivity index (χ0) is 16.6. The largest absolute Gasteiger partial charge is 0.339 e. The number of rotatable bonds is 4. The van der Waals surface area contributed by atoms with Crippen LogP contribution in [0.5, 0.6) is 0 Å². The Kier molecular flexibility index (Phi) is 4.35. The van der Waals surface area contributed by atoms with Crippen LogP contribution in [0.4, 0.5) is 4.39 Å². The van der Waals surface area contributed by atoms with E-state index >= 15 is 0 Å². The molecule has 5 nitrogen and oxygen atoms in total. The van der Waals surface area contributed by atoms with E-state index in [0.717, 1.165) is 5.56 Å². The summed E-state index contributed by atoms with van der Waals surface area (Å²) in [7, 11) is 0. The molecule has 1 aliphatic heterocycles. The summed E-state index contributed by atoms with van der Waals surface area (Å²) in [6.45, 7) is 4.87. The van der Waals surface area contributed by atoms with Crippen LogP contribution in [-0.4, -0.2) is 27.5 Å². The number of likely N-dealkylation sites (tertiary alicyclic amines) is 1. The van der Waals surface area contributed by atoms with Gasteiger partial charge in [0.2, 0.25) is 11.8 Å². The Morgan fingerprint density at radius 2 is 2.26 bits per heavy atom. The van der Waals surface area contributed by atoms with E-state index < -0.39 is 5.82 Å². The van der Waals surface area contributed by atoms with Gasteiger partial charge in [0.15, 0.2) is 5.82 Å². The van der Waals surface area contributed by atoms with E-state index in [2.05, 4.69) is 10.1 Å². The first kappa shape index (κ1) is 15.9. The molecule has 1 amide bonds. The van der Waals surface area contributed by atoms with E-state index in [1.54, 1.807) is 17.0 Å². The third-order valence-electron chi connectivity index (χ3n) is 3.90. The number of carbonyl (C=O) groups is 1. The summed E-state index contributed by atoms with van der Waals surface area (Å²) in [6.07, 6.45) is 0.342. The minimum absolute atomic E-state index is 0.0137. The highest BCUT2D eigenvalue weighted by atomic mass is 35.5. The molecule has 0 N–H and O–H groups in total.